The number of hydrogen-bond acceptors (Lipinski definition) is 1. The van der Waals surface area contributed by atoms with Crippen molar-refractivity contribution in [3.8, 4) is 0 Å². The zero-order valence-corrected chi connectivity index (χ0v) is 13.5. The van der Waals surface area contributed by atoms with Crippen LogP contribution in [0.2, 0.25) is 4.66 Å². The zero-order valence-electron chi connectivity index (χ0n) is 6.96. The van der Waals surface area contributed by atoms with Crippen LogP contribution >= 0.6 is 66.5 Å². The van der Waals surface area contributed by atoms with Crippen LogP contribution in [-0.2, 0) is 4.79 Å². The lowest BCUT2D eigenvalue weighted by molar-refractivity contribution is 0.567. The monoisotopic (exact) mass is 348 g/mol. The zero-order chi connectivity index (χ0) is 11.6. The van der Waals surface area contributed by atoms with Gasteiger partial charge >= 0.3 is 12.0 Å². The molecule has 0 bridgehead atoms. The summed E-state index contributed by atoms with van der Waals surface area (Å²) in [5.74, 6) is 1.56. The van der Waals surface area contributed by atoms with Gasteiger partial charge in [0.2, 0.25) is 0 Å². The molecule has 0 fully saturated rings. The third-order valence-electron chi connectivity index (χ3n) is 1.87. The molecule has 9 heteroatoms. The highest BCUT2D eigenvalue weighted by Crippen LogP contribution is 2.60. The maximum Gasteiger partial charge on any atom is 0.352 e. The second-order valence-corrected chi connectivity index (χ2v) is 20.5. The molecule has 0 atom stereocenters. The van der Waals surface area contributed by atoms with Gasteiger partial charge in [0.05, 0.1) is 4.66 Å². The van der Waals surface area contributed by atoms with Gasteiger partial charge in [-0.05, 0) is 6.42 Å². The minimum Gasteiger partial charge on any atom is -0.234 e. The fraction of sp³-hybridized carbons (Fsp3) is 0.600. The normalized spacial score (nSPS) is 13.6. The summed E-state index contributed by atoms with van der Waals surface area (Å²) < 4.78 is -1.21. The minimum atomic E-state index is -3.33. The van der Waals surface area contributed by atoms with Crippen LogP contribution in [0, 0.1) is 0 Å². The highest BCUT2D eigenvalue weighted by Gasteiger charge is 2.63. The Labute approximate surface area is 112 Å². The van der Waals surface area contributed by atoms with Gasteiger partial charge in [-0.15, -0.1) is 66.5 Å². The third-order valence-corrected chi connectivity index (χ3v) is 16.1. The maximum atomic E-state index is 10.4. The summed E-state index contributed by atoms with van der Waals surface area (Å²) in [6, 6.07) is -6.66. The van der Waals surface area contributed by atoms with Gasteiger partial charge in [-0.3, -0.25) is 0 Å². The largest absolute Gasteiger partial charge is 0.352 e. The Balaban J connectivity index is 5.56. The number of rotatable bonds is 4. The van der Waals surface area contributed by atoms with E-state index in [9.17, 15) is 4.79 Å². The van der Waals surface area contributed by atoms with Crippen LogP contribution in [0.15, 0.2) is 6.08 Å². The van der Waals surface area contributed by atoms with E-state index in [1.54, 1.807) is 12.9 Å². The lowest BCUT2D eigenvalue weighted by Gasteiger charge is -2.37. The highest BCUT2D eigenvalue weighted by molar-refractivity contribution is 7.77. The predicted molar refractivity (Wildman–Crippen MR) is 69.9 cm³/mol. The molecule has 0 aromatic heterocycles. The number of carbonyl (C=O) groups excluding carboxylic acids is 1. The van der Waals surface area contributed by atoms with Crippen LogP contribution in [-0.4, -0.2) is 17.9 Å². The van der Waals surface area contributed by atoms with Crippen molar-refractivity contribution in [3.05, 3.63) is 6.08 Å². The number of hydrogen-bond donors (Lipinski definition) is 0. The first-order valence-electron chi connectivity index (χ1n) is 3.48. The van der Waals surface area contributed by atoms with E-state index in [-0.39, 0.29) is 0 Å². The molecule has 0 unspecified atom stereocenters. The molecule has 0 heterocycles. The molecule has 82 valence electrons. The molecule has 0 aliphatic rings. The van der Waals surface area contributed by atoms with Crippen LogP contribution in [0.1, 0.15) is 13.3 Å². The van der Waals surface area contributed by atoms with Crippen LogP contribution < -0.4 is 0 Å². The Kier molecular flexibility index (Phi) is 5.92. The Morgan fingerprint density at radius 2 is 1.50 bits per heavy atom. The molecular formula is C5H6Cl6OSi2. The summed E-state index contributed by atoms with van der Waals surface area (Å²) in [6.07, 6.45) is 1.36. The van der Waals surface area contributed by atoms with E-state index in [0.717, 1.165) is 6.08 Å². The first kappa shape index (κ1) is 15.6. The Hall–Kier alpha value is 1.62. The van der Waals surface area contributed by atoms with Crippen molar-refractivity contribution in [2.45, 2.75) is 18.0 Å². The lowest BCUT2D eigenvalue weighted by Crippen LogP contribution is -2.45. The quantitative estimate of drug-likeness (QED) is 0.418. The van der Waals surface area contributed by atoms with Crippen molar-refractivity contribution >= 4 is 84.4 Å². The maximum absolute atomic E-state index is 10.4. The molecule has 0 amide bonds. The van der Waals surface area contributed by atoms with Crippen LogP contribution in [0.4, 0.5) is 0 Å². The van der Waals surface area contributed by atoms with Gasteiger partial charge in [-0.25, -0.2) is 4.79 Å². The van der Waals surface area contributed by atoms with Gasteiger partial charge in [0, 0.05) is 6.08 Å². The van der Waals surface area contributed by atoms with Gasteiger partial charge in [-0.1, -0.05) is 6.92 Å². The first-order valence-corrected chi connectivity index (χ1v) is 13.5. The molecule has 0 saturated heterocycles. The average Bonchev–Trinajstić information content (AvgIpc) is 1.94. The second-order valence-electron chi connectivity index (χ2n) is 2.58. The molecule has 0 N–H and O–H groups in total. The van der Waals surface area contributed by atoms with Gasteiger partial charge in [0.1, 0.15) is 5.94 Å². The van der Waals surface area contributed by atoms with Crippen molar-refractivity contribution in [1.82, 2.24) is 0 Å². The topological polar surface area (TPSA) is 17.1 Å². The van der Waals surface area contributed by atoms with Gasteiger partial charge in [0.25, 0.3) is 0 Å². The fourth-order valence-electron chi connectivity index (χ4n) is 0.928. The van der Waals surface area contributed by atoms with Gasteiger partial charge in [-0.2, -0.15) is 0 Å². The average molecular weight is 351 g/mol. The first-order chi connectivity index (χ1) is 6.12. The summed E-state index contributed by atoms with van der Waals surface area (Å²) in [5, 5.41) is 0. The van der Waals surface area contributed by atoms with Crippen LogP contribution in [0.25, 0.3) is 0 Å². The molecule has 0 saturated carbocycles. The van der Waals surface area contributed by atoms with Crippen LogP contribution in [0.3, 0.4) is 0 Å². The Morgan fingerprint density at radius 1 is 1.14 bits per heavy atom. The molecule has 0 aromatic rings. The minimum absolute atomic E-state index is 0.299. The molecule has 0 aromatic carbocycles. The Morgan fingerprint density at radius 3 is 1.57 bits per heavy atom. The third kappa shape index (κ3) is 3.06. The fourth-order valence-corrected chi connectivity index (χ4v) is 18.4. The van der Waals surface area contributed by atoms with Crippen molar-refractivity contribution in [1.29, 1.82) is 0 Å². The molecule has 0 aliphatic heterocycles. The molecule has 0 aliphatic carbocycles. The lowest BCUT2D eigenvalue weighted by atomic mass is 10.3. The summed E-state index contributed by atoms with van der Waals surface area (Å²) in [6.45, 7) is 1.71. The van der Waals surface area contributed by atoms with E-state index in [1.807, 2.05) is 0 Å². The number of halogens is 6. The molecule has 14 heavy (non-hydrogen) atoms. The standard InChI is InChI=1S/C5H6Cl6OSi2/c1-2-5(3-4-12,13(6,7)8)14(9,10)11/h3H,2H2,1H3. The summed E-state index contributed by atoms with van der Waals surface area (Å²) in [4.78, 5) is 10.4. The van der Waals surface area contributed by atoms with E-state index in [1.165, 1.54) is 0 Å². The summed E-state index contributed by atoms with van der Waals surface area (Å²) >= 11 is 35.2. The van der Waals surface area contributed by atoms with E-state index in [4.69, 9.17) is 66.5 Å². The van der Waals surface area contributed by atoms with Crippen molar-refractivity contribution in [2.75, 3.05) is 0 Å². The van der Waals surface area contributed by atoms with Gasteiger partial charge < -0.3 is 0 Å². The summed E-state index contributed by atoms with van der Waals surface area (Å²) in [5.41, 5.74) is 0. The highest BCUT2D eigenvalue weighted by atomic mass is 35.8. The Bertz CT molecular complexity index is 236. The summed E-state index contributed by atoms with van der Waals surface area (Å²) in [7, 11) is 0. The SMILES string of the molecule is CCC(C=C=O)([Si](Cl)(Cl)Cl)[Si](Cl)(Cl)Cl. The van der Waals surface area contributed by atoms with E-state index in [2.05, 4.69) is 0 Å². The molecule has 0 spiro atoms. The smallest absolute Gasteiger partial charge is 0.234 e. The molecule has 0 radical (unpaired) electrons. The van der Waals surface area contributed by atoms with Crippen molar-refractivity contribution in [2.24, 2.45) is 0 Å². The molecule has 0 rings (SSSR count). The molecule has 1 nitrogen and oxygen atoms in total. The van der Waals surface area contributed by atoms with Crippen LogP contribution in [0.5, 0.6) is 0 Å². The molecular weight excluding hydrogens is 345 g/mol. The van der Waals surface area contributed by atoms with Crippen molar-refractivity contribution < 1.29 is 4.79 Å². The van der Waals surface area contributed by atoms with Crippen molar-refractivity contribution in [3.63, 3.8) is 0 Å². The van der Waals surface area contributed by atoms with E-state index in [0.29, 0.717) is 6.42 Å². The van der Waals surface area contributed by atoms with Gasteiger partial charge in [0.15, 0.2) is 0 Å². The predicted octanol–water partition coefficient (Wildman–Crippen LogP) is 4.37. The van der Waals surface area contributed by atoms with E-state index >= 15 is 0 Å². The van der Waals surface area contributed by atoms with E-state index < -0.39 is 16.7 Å². The second kappa shape index (κ2) is 5.30. The number of allylic oxidation sites excluding steroid dienone is 1.